The summed E-state index contributed by atoms with van der Waals surface area (Å²) in [7, 11) is 0. The predicted octanol–water partition coefficient (Wildman–Crippen LogP) is 3.11. The molecular weight excluding hydrogens is 320 g/mol. The molecule has 1 aliphatic rings. The molecule has 2 heterocycles. The Morgan fingerprint density at radius 2 is 2.35 bits per heavy atom. The van der Waals surface area contributed by atoms with E-state index in [0.717, 1.165) is 29.1 Å². The topological polar surface area (TPSA) is 51.5 Å². The maximum atomic E-state index is 5.77. The number of anilines is 1. The number of ether oxygens (including phenoxy) is 1. The SMILES string of the molecule is CCOC1CC(Nc2nc(Br)cn3ccnc23)C1(C)C. The van der Waals surface area contributed by atoms with Crippen molar-refractivity contribution in [2.75, 3.05) is 11.9 Å². The minimum Gasteiger partial charge on any atom is -0.378 e. The molecule has 1 N–H and O–H groups in total. The Morgan fingerprint density at radius 1 is 1.55 bits per heavy atom. The van der Waals surface area contributed by atoms with Crippen molar-refractivity contribution in [3.05, 3.63) is 23.2 Å². The van der Waals surface area contributed by atoms with Crippen LogP contribution >= 0.6 is 15.9 Å². The minimum absolute atomic E-state index is 0.101. The van der Waals surface area contributed by atoms with Crippen LogP contribution in [0.5, 0.6) is 0 Å². The smallest absolute Gasteiger partial charge is 0.180 e. The molecule has 1 fully saturated rings. The van der Waals surface area contributed by atoms with Crippen LogP contribution in [0.2, 0.25) is 0 Å². The van der Waals surface area contributed by atoms with Crippen molar-refractivity contribution < 1.29 is 4.74 Å². The first-order valence-electron chi connectivity index (χ1n) is 6.89. The van der Waals surface area contributed by atoms with E-state index < -0.39 is 0 Å². The fourth-order valence-electron chi connectivity index (χ4n) is 2.78. The molecular formula is C14H19BrN4O. The zero-order valence-electron chi connectivity index (χ0n) is 11.9. The van der Waals surface area contributed by atoms with Crippen LogP contribution in [0, 0.1) is 5.41 Å². The van der Waals surface area contributed by atoms with Crippen LogP contribution in [0.1, 0.15) is 27.2 Å². The van der Waals surface area contributed by atoms with Crippen molar-refractivity contribution in [2.45, 2.75) is 39.3 Å². The summed E-state index contributed by atoms with van der Waals surface area (Å²) in [6.45, 7) is 7.27. The van der Waals surface area contributed by atoms with Gasteiger partial charge >= 0.3 is 0 Å². The van der Waals surface area contributed by atoms with Crippen LogP contribution in [-0.2, 0) is 4.74 Å². The molecule has 3 rings (SSSR count). The zero-order valence-corrected chi connectivity index (χ0v) is 13.5. The second kappa shape index (κ2) is 5.00. The summed E-state index contributed by atoms with van der Waals surface area (Å²) in [5, 5.41) is 3.52. The Kier molecular flexibility index (Phi) is 3.46. The third kappa shape index (κ3) is 2.20. The van der Waals surface area contributed by atoms with E-state index in [0.29, 0.717) is 12.1 Å². The van der Waals surface area contributed by atoms with Gasteiger partial charge in [-0.25, -0.2) is 9.97 Å². The second-order valence-corrected chi connectivity index (χ2v) is 6.58. The number of hydrogen-bond donors (Lipinski definition) is 1. The maximum absolute atomic E-state index is 5.77. The van der Waals surface area contributed by atoms with Gasteiger partial charge < -0.3 is 14.5 Å². The summed E-state index contributed by atoms with van der Waals surface area (Å²) in [6.07, 6.45) is 6.92. The standard InChI is InChI=1S/C14H19BrN4O/c1-4-20-10-7-9(14(10,2)3)17-12-13-16-5-6-19(13)8-11(15)18-12/h5-6,8-10H,4,7H2,1-3H3,(H,17,18). The first kappa shape index (κ1) is 13.8. The van der Waals surface area contributed by atoms with Gasteiger partial charge in [0.15, 0.2) is 11.5 Å². The fourth-order valence-corrected chi connectivity index (χ4v) is 3.18. The third-order valence-electron chi connectivity index (χ3n) is 4.20. The van der Waals surface area contributed by atoms with E-state index >= 15 is 0 Å². The van der Waals surface area contributed by atoms with Crippen molar-refractivity contribution in [1.82, 2.24) is 14.4 Å². The number of rotatable bonds is 4. The molecule has 5 nitrogen and oxygen atoms in total. The Balaban J connectivity index is 1.83. The molecule has 0 amide bonds. The highest BCUT2D eigenvalue weighted by Gasteiger charge is 2.49. The van der Waals surface area contributed by atoms with E-state index in [1.54, 1.807) is 6.20 Å². The van der Waals surface area contributed by atoms with Crippen LogP contribution in [0.25, 0.3) is 5.65 Å². The van der Waals surface area contributed by atoms with Gasteiger partial charge in [-0.15, -0.1) is 0 Å². The van der Waals surface area contributed by atoms with E-state index in [1.165, 1.54) is 0 Å². The monoisotopic (exact) mass is 338 g/mol. The van der Waals surface area contributed by atoms with Gasteiger partial charge in [0.05, 0.1) is 6.10 Å². The molecule has 0 spiro atoms. The molecule has 2 unspecified atom stereocenters. The van der Waals surface area contributed by atoms with Crippen molar-refractivity contribution >= 4 is 27.4 Å². The van der Waals surface area contributed by atoms with E-state index in [1.807, 2.05) is 23.7 Å². The van der Waals surface area contributed by atoms with Gasteiger partial charge in [-0.1, -0.05) is 13.8 Å². The molecule has 0 aromatic carbocycles. The number of imidazole rings is 1. The summed E-state index contributed by atoms with van der Waals surface area (Å²) in [6, 6.07) is 0.348. The number of hydrogen-bond acceptors (Lipinski definition) is 4. The fraction of sp³-hybridized carbons (Fsp3) is 0.571. The number of fused-ring (bicyclic) bond motifs is 1. The zero-order chi connectivity index (χ0) is 14.3. The molecule has 2 atom stereocenters. The lowest BCUT2D eigenvalue weighted by Crippen LogP contribution is -2.58. The Labute approximate surface area is 126 Å². The summed E-state index contributed by atoms with van der Waals surface area (Å²) >= 11 is 3.44. The molecule has 1 saturated carbocycles. The Morgan fingerprint density at radius 3 is 3.05 bits per heavy atom. The Bertz CT molecular complexity index is 625. The quantitative estimate of drug-likeness (QED) is 0.930. The number of nitrogens with zero attached hydrogens (tertiary/aromatic N) is 3. The van der Waals surface area contributed by atoms with Crippen LogP contribution in [0.4, 0.5) is 5.82 Å². The normalized spacial score (nSPS) is 24.6. The first-order valence-corrected chi connectivity index (χ1v) is 7.69. The highest BCUT2D eigenvalue weighted by Crippen LogP contribution is 2.44. The predicted molar refractivity (Wildman–Crippen MR) is 81.9 cm³/mol. The molecule has 0 saturated heterocycles. The molecule has 6 heteroatoms. The highest BCUT2D eigenvalue weighted by atomic mass is 79.9. The van der Waals surface area contributed by atoms with Gasteiger partial charge in [-0.3, -0.25) is 0 Å². The van der Waals surface area contributed by atoms with Gasteiger partial charge in [0.2, 0.25) is 0 Å². The molecule has 108 valence electrons. The van der Waals surface area contributed by atoms with Gasteiger partial charge in [0, 0.05) is 36.7 Å². The van der Waals surface area contributed by atoms with Crippen LogP contribution in [-0.4, -0.2) is 33.1 Å². The number of nitrogens with one attached hydrogen (secondary N) is 1. The van der Waals surface area contributed by atoms with Crippen LogP contribution in [0.15, 0.2) is 23.2 Å². The lowest BCUT2D eigenvalue weighted by atomic mass is 9.64. The van der Waals surface area contributed by atoms with Gasteiger partial charge in [0.25, 0.3) is 0 Å². The van der Waals surface area contributed by atoms with Crippen molar-refractivity contribution in [3.8, 4) is 0 Å². The molecule has 0 bridgehead atoms. The average Bonchev–Trinajstić information content (AvgIpc) is 2.85. The third-order valence-corrected chi connectivity index (χ3v) is 4.58. The van der Waals surface area contributed by atoms with Crippen molar-refractivity contribution in [1.29, 1.82) is 0 Å². The second-order valence-electron chi connectivity index (χ2n) is 5.77. The van der Waals surface area contributed by atoms with Crippen molar-refractivity contribution in [2.24, 2.45) is 5.41 Å². The summed E-state index contributed by atoms with van der Waals surface area (Å²) in [5.41, 5.74) is 0.952. The van der Waals surface area contributed by atoms with E-state index in [4.69, 9.17) is 4.74 Å². The first-order chi connectivity index (χ1) is 9.52. The van der Waals surface area contributed by atoms with E-state index in [9.17, 15) is 0 Å². The molecule has 2 aromatic heterocycles. The number of halogens is 1. The highest BCUT2D eigenvalue weighted by molar-refractivity contribution is 9.10. The van der Waals surface area contributed by atoms with E-state index in [-0.39, 0.29) is 5.41 Å². The molecule has 2 aromatic rings. The van der Waals surface area contributed by atoms with Crippen LogP contribution in [0.3, 0.4) is 0 Å². The molecule has 1 aliphatic carbocycles. The maximum Gasteiger partial charge on any atom is 0.180 e. The molecule has 0 aliphatic heterocycles. The van der Waals surface area contributed by atoms with Gasteiger partial charge in [0.1, 0.15) is 4.60 Å². The summed E-state index contributed by atoms with van der Waals surface area (Å²) in [4.78, 5) is 8.87. The number of aromatic nitrogens is 3. The lowest BCUT2D eigenvalue weighted by Gasteiger charge is -2.51. The molecule has 0 radical (unpaired) electrons. The molecule has 20 heavy (non-hydrogen) atoms. The summed E-state index contributed by atoms with van der Waals surface area (Å²) < 4.78 is 8.53. The van der Waals surface area contributed by atoms with Crippen LogP contribution < -0.4 is 5.32 Å². The van der Waals surface area contributed by atoms with E-state index in [2.05, 4.69) is 45.1 Å². The lowest BCUT2D eigenvalue weighted by molar-refractivity contribution is -0.0976. The average molecular weight is 339 g/mol. The Hall–Kier alpha value is -1.14. The minimum atomic E-state index is 0.101. The summed E-state index contributed by atoms with van der Waals surface area (Å²) in [5.74, 6) is 0.817. The largest absolute Gasteiger partial charge is 0.378 e. The van der Waals surface area contributed by atoms with Crippen molar-refractivity contribution in [3.63, 3.8) is 0 Å². The van der Waals surface area contributed by atoms with Gasteiger partial charge in [-0.05, 0) is 29.3 Å². The van der Waals surface area contributed by atoms with Gasteiger partial charge in [-0.2, -0.15) is 0 Å².